The molecular formula is C18H21FN2O2. The van der Waals surface area contributed by atoms with Gasteiger partial charge in [-0.25, -0.2) is 4.39 Å². The van der Waals surface area contributed by atoms with Crippen molar-refractivity contribution in [1.29, 1.82) is 0 Å². The van der Waals surface area contributed by atoms with Gasteiger partial charge in [0.25, 0.3) is 5.56 Å². The van der Waals surface area contributed by atoms with Gasteiger partial charge in [-0.15, -0.1) is 0 Å². The van der Waals surface area contributed by atoms with E-state index in [1.165, 1.54) is 12.1 Å². The highest BCUT2D eigenvalue weighted by atomic mass is 19.1. The number of nitrogens with zero attached hydrogens (tertiary/aromatic N) is 1. The summed E-state index contributed by atoms with van der Waals surface area (Å²) in [5.41, 5.74) is 0.729. The Morgan fingerprint density at radius 3 is 2.65 bits per heavy atom. The van der Waals surface area contributed by atoms with E-state index in [1.807, 2.05) is 12.3 Å². The maximum absolute atomic E-state index is 12.9. The Morgan fingerprint density at radius 1 is 1.17 bits per heavy atom. The number of halogens is 1. The molecule has 0 aliphatic carbocycles. The number of pyridine rings is 1. The van der Waals surface area contributed by atoms with Gasteiger partial charge in [0, 0.05) is 12.7 Å². The lowest BCUT2D eigenvalue weighted by Crippen LogP contribution is -2.32. The number of benzene rings is 1. The van der Waals surface area contributed by atoms with Crippen LogP contribution in [0.1, 0.15) is 18.4 Å². The average Bonchev–Trinajstić information content (AvgIpc) is 2.58. The zero-order valence-corrected chi connectivity index (χ0v) is 13.0. The summed E-state index contributed by atoms with van der Waals surface area (Å²) in [5, 5.41) is 3.33. The van der Waals surface area contributed by atoms with E-state index in [9.17, 15) is 9.18 Å². The van der Waals surface area contributed by atoms with Crippen LogP contribution < -0.4 is 15.6 Å². The van der Waals surface area contributed by atoms with Crippen molar-refractivity contribution in [1.82, 2.24) is 9.88 Å². The molecular weight excluding hydrogens is 295 g/mol. The zero-order valence-electron chi connectivity index (χ0n) is 13.0. The number of ether oxygens (including phenoxy) is 1. The molecule has 23 heavy (non-hydrogen) atoms. The lowest BCUT2D eigenvalue weighted by Gasteiger charge is -2.23. The third-order valence-corrected chi connectivity index (χ3v) is 4.21. The van der Waals surface area contributed by atoms with E-state index in [1.54, 1.807) is 22.8 Å². The molecule has 0 atom stereocenters. The van der Waals surface area contributed by atoms with Crippen molar-refractivity contribution in [3.63, 3.8) is 0 Å². The van der Waals surface area contributed by atoms with Gasteiger partial charge in [0.05, 0.1) is 0 Å². The van der Waals surface area contributed by atoms with Crippen LogP contribution >= 0.6 is 0 Å². The second-order valence-corrected chi connectivity index (χ2v) is 5.94. The fourth-order valence-corrected chi connectivity index (χ4v) is 2.85. The van der Waals surface area contributed by atoms with Crippen molar-refractivity contribution in [2.24, 2.45) is 5.92 Å². The Morgan fingerprint density at radius 2 is 1.91 bits per heavy atom. The fourth-order valence-electron chi connectivity index (χ4n) is 2.85. The van der Waals surface area contributed by atoms with Crippen molar-refractivity contribution in [2.45, 2.75) is 26.0 Å². The summed E-state index contributed by atoms with van der Waals surface area (Å²) in [5.74, 6) is 0.588. The largest absolute Gasteiger partial charge is 0.483 e. The van der Waals surface area contributed by atoms with Crippen LogP contribution in [0.2, 0.25) is 0 Å². The highest BCUT2D eigenvalue weighted by molar-refractivity contribution is 5.20. The van der Waals surface area contributed by atoms with Gasteiger partial charge >= 0.3 is 0 Å². The Balaban J connectivity index is 1.66. The number of nitrogens with one attached hydrogen (secondary N) is 1. The smallest absolute Gasteiger partial charge is 0.292 e. The monoisotopic (exact) mass is 316 g/mol. The number of hydrogen-bond donors (Lipinski definition) is 1. The summed E-state index contributed by atoms with van der Waals surface area (Å²) >= 11 is 0. The van der Waals surface area contributed by atoms with E-state index in [0.29, 0.717) is 11.7 Å². The average molecular weight is 316 g/mol. The van der Waals surface area contributed by atoms with E-state index in [-0.39, 0.29) is 18.0 Å². The minimum Gasteiger partial charge on any atom is -0.483 e. The van der Waals surface area contributed by atoms with E-state index >= 15 is 0 Å². The molecule has 0 amide bonds. The molecule has 5 heteroatoms. The molecule has 0 bridgehead atoms. The second-order valence-electron chi connectivity index (χ2n) is 5.94. The highest BCUT2D eigenvalue weighted by Gasteiger charge is 2.15. The number of hydrogen-bond acceptors (Lipinski definition) is 3. The molecule has 0 spiro atoms. The van der Waals surface area contributed by atoms with Crippen LogP contribution in [0.15, 0.2) is 47.4 Å². The van der Waals surface area contributed by atoms with Crippen molar-refractivity contribution in [2.75, 3.05) is 13.1 Å². The van der Waals surface area contributed by atoms with Gasteiger partial charge in [0.15, 0.2) is 5.75 Å². The first kappa shape index (κ1) is 15.7. The number of aromatic nitrogens is 1. The van der Waals surface area contributed by atoms with Crippen molar-refractivity contribution in [3.8, 4) is 5.75 Å². The SMILES string of the molecule is O=c1c(OCc2ccc(F)cc2)cccn1CC1CCNCC1. The minimum absolute atomic E-state index is 0.104. The molecule has 1 fully saturated rings. The lowest BCUT2D eigenvalue weighted by molar-refractivity contribution is 0.291. The summed E-state index contributed by atoms with van der Waals surface area (Å²) in [4.78, 5) is 12.5. The van der Waals surface area contributed by atoms with Crippen molar-refractivity contribution in [3.05, 3.63) is 64.3 Å². The molecule has 4 nitrogen and oxygen atoms in total. The molecule has 1 aromatic heterocycles. The summed E-state index contributed by atoms with van der Waals surface area (Å²) in [6.07, 6.45) is 4.00. The third-order valence-electron chi connectivity index (χ3n) is 4.21. The van der Waals surface area contributed by atoms with E-state index < -0.39 is 0 Å². The first-order valence-corrected chi connectivity index (χ1v) is 8.00. The number of rotatable bonds is 5. The maximum Gasteiger partial charge on any atom is 0.292 e. The van der Waals surface area contributed by atoms with E-state index in [2.05, 4.69) is 5.32 Å². The zero-order chi connectivity index (χ0) is 16.1. The molecule has 1 aliphatic heterocycles. The Hall–Kier alpha value is -2.14. The summed E-state index contributed by atoms with van der Waals surface area (Å²) < 4.78 is 20.2. The quantitative estimate of drug-likeness (QED) is 0.922. The van der Waals surface area contributed by atoms with Crippen molar-refractivity contribution < 1.29 is 9.13 Å². The Kier molecular flexibility index (Phi) is 5.08. The maximum atomic E-state index is 12.9. The Labute approximate surface area is 134 Å². The normalized spacial score (nSPS) is 15.5. The second kappa shape index (κ2) is 7.42. The molecule has 1 N–H and O–H groups in total. The van der Waals surface area contributed by atoms with Crippen LogP contribution in [0.4, 0.5) is 4.39 Å². The molecule has 1 saturated heterocycles. The van der Waals surface area contributed by atoms with Crippen LogP contribution in [0.5, 0.6) is 5.75 Å². The van der Waals surface area contributed by atoms with Crippen LogP contribution in [0.25, 0.3) is 0 Å². The number of piperidine rings is 1. The fraction of sp³-hybridized carbons (Fsp3) is 0.389. The molecule has 0 unspecified atom stereocenters. The van der Waals surface area contributed by atoms with Gasteiger partial charge in [0.1, 0.15) is 12.4 Å². The topological polar surface area (TPSA) is 43.3 Å². The van der Waals surface area contributed by atoms with Gasteiger partial charge < -0.3 is 14.6 Å². The van der Waals surface area contributed by atoms with Gasteiger partial charge in [-0.3, -0.25) is 4.79 Å². The van der Waals surface area contributed by atoms with Crippen LogP contribution in [0, 0.1) is 11.7 Å². The van der Waals surface area contributed by atoms with Crippen LogP contribution in [0.3, 0.4) is 0 Å². The molecule has 1 aliphatic rings. The predicted molar refractivity (Wildman–Crippen MR) is 87.0 cm³/mol. The molecule has 1 aromatic carbocycles. The molecule has 0 saturated carbocycles. The lowest BCUT2D eigenvalue weighted by atomic mass is 9.98. The Bertz CT molecular complexity index is 691. The highest BCUT2D eigenvalue weighted by Crippen LogP contribution is 2.14. The third kappa shape index (κ3) is 4.20. The molecule has 0 radical (unpaired) electrons. The minimum atomic E-state index is -0.280. The van der Waals surface area contributed by atoms with E-state index in [4.69, 9.17) is 4.74 Å². The first-order chi connectivity index (χ1) is 11.2. The predicted octanol–water partition coefficient (Wildman–Crippen LogP) is 2.57. The van der Waals surface area contributed by atoms with Gasteiger partial charge in [0.2, 0.25) is 0 Å². The van der Waals surface area contributed by atoms with Crippen LogP contribution in [-0.2, 0) is 13.2 Å². The molecule has 2 heterocycles. The summed E-state index contributed by atoms with van der Waals surface area (Å²) in [6, 6.07) is 9.61. The summed E-state index contributed by atoms with van der Waals surface area (Å²) in [6.45, 7) is 3.02. The molecule has 3 rings (SSSR count). The molecule has 2 aromatic rings. The van der Waals surface area contributed by atoms with E-state index in [0.717, 1.165) is 38.0 Å². The summed E-state index contributed by atoms with van der Waals surface area (Å²) in [7, 11) is 0. The standard InChI is InChI=1S/C18H21FN2O2/c19-16-5-3-15(4-6-16)13-23-17-2-1-11-21(18(17)22)12-14-7-9-20-10-8-14/h1-6,11,14,20H,7-10,12-13H2. The van der Waals surface area contributed by atoms with Gasteiger partial charge in [-0.1, -0.05) is 12.1 Å². The van der Waals surface area contributed by atoms with Gasteiger partial charge in [-0.2, -0.15) is 0 Å². The van der Waals surface area contributed by atoms with Gasteiger partial charge in [-0.05, 0) is 61.7 Å². The first-order valence-electron chi connectivity index (χ1n) is 8.00. The molecule has 122 valence electrons. The van der Waals surface area contributed by atoms with Crippen molar-refractivity contribution >= 4 is 0 Å². The van der Waals surface area contributed by atoms with Crippen LogP contribution in [-0.4, -0.2) is 17.7 Å².